The Balaban J connectivity index is 1.89. The molecule has 1 aliphatic rings. The van der Waals surface area contributed by atoms with Crippen molar-refractivity contribution in [3.05, 3.63) is 29.8 Å². The quantitative estimate of drug-likeness (QED) is 0.375. The number of benzene rings is 1. The molecule has 1 heterocycles. The second kappa shape index (κ2) is 7.73. The summed E-state index contributed by atoms with van der Waals surface area (Å²) >= 11 is 0. The molecule has 23 heavy (non-hydrogen) atoms. The topological polar surface area (TPSA) is 140 Å². The molecule has 8 nitrogen and oxygen atoms in total. The molecule has 6 N–H and O–H groups in total. The fourth-order valence-corrected chi connectivity index (χ4v) is 2.18. The highest BCUT2D eigenvalue weighted by Crippen LogP contribution is 2.25. The third-order valence-electron chi connectivity index (χ3n) is 3.51. The number of rotatable bonds is 5. The molecule has 128 valence electrons. The molecule has 0 bridgehead atoms. The zero-order chi connectivity index (χ0) is 17.0. The maximum Gasteiger partial charge on any atom is 0.187 e. The molecule has 1 aromatic rings. The average Bonchev–Trinajstić information content (AvgIpc) is 2.54. The molecule has 0 aromatic heterocycles. The lowest BCUT2D eigenvalue weighted by Gasteiger charge is -2.39. The Morgan fingerprint density at radius 2 is 1.78 bits per heavy atom. The van der Waals surface area contributed by atoms with E-state index < -0.39 is 37.3 Å². The molecule has 5 atom stereocenters. The van der Waals surface area contributed by atoms with Crippen LogP contribution in [0.2, 0.25) is 0 Å². The highest BCUT2D eigenvalue weighted by Gasteiger charge is 2.43. The van der Waals surface area contributed by atoms with E-state index in [1.807, 2.05) is 0 Å². The summed E-state index contributed by atoms with van der Waals surface area (Å²) in [5, 5.41) is 56.7. The second-order valence-electron chi connectivity index (χ2n) is 5.18. The molecule has 2 rings (SSSR count). The van der Waals surface area contributed by atoms with Crippen LogP contribution in [0.25, 0.3) is 6.08 Å². The number of ether oxygens (including phenoxy) is 2. The van der Waals surface area contributed by atoms with Gasteiger partial charge in [0.05, 0.1) is 13.2 Å². The van der Waals surface area contributed by atoms with Gasteiger partial charge in [0.25, 0.3) is 0 Å². The average molecular weight is 328 g/mol. The van der Waals surface area contributed by atoms with Crippen molar-refractivity contribution in [2.75, 3.05) is 13.2 Å². The predicted octanol–water partition coefficient (Wildman–Crippen LogP) is -1.07. The molecule has 0 radical (unpaired) electrons. The summed E-state index contributed by atoms with van der Waals surface area (Å²) in [6.07, 6.45) is -3.37. The molecule has 0 saturated carbocycles. The van der Waals surface area contributed by atoms with Gasteiger partial charge in [0.1, 0.15) is 24.4 Å². The maximum atomic E-state index is 9.78. The zero-order valence-electron chi connectivity index (χ0n) is 12.2. The smallest absolute Gasteiger partial charge is 0.187 e. The SMILES string of the molecule is OC[C@H]1O[C@@H](OC/C=C/c2ccc(O)c(O)c2)[C@H](O)[C@@H](O)[C@@H]1O. The summed E-state index contributed by atoms with van der Waals surface area (Å²) in [7, 11) is 0. The van der Waals surface area contributed by atoms with E-state index in [1.165, 1.54) is 12.1 Å². The summed E-state index contributed by atoms with van der Waals surface area (Å²) in [5.41, 5.74) is 0.623. The molecule has 0 amide bonds. The summed E-state index contributed by atoms with van der Waals surface area (Å²) < 4.78 is 10.4. The van der Waals surface area contributed by atoms with Crippen LogP contribution in [0.4, 0.5) is 0 Å². The molecule has 8 heteroatoms. The van der Waals surface area contributed by atoms with Crippen LogP contribution in [-0.4, -0.2) is 74.6 Å². The minimum atomic E-state index is -1.48. The molecule has 1 aliphatic heterocycles. The van der Waals surface area contributed by atoms with Crippen molar-refractivity contribution in [1.82, 2.24) is 0 Å². The van der Waals surface area contributed by atoms with Crippen LogP contribution in [0.5, 0.6) is 11.5 Å². The van der Waals surface area contributed by atoms with Gasteiger partial charge in [-0.15, -0.1) is 0 Å². The van der Waals surface area contributed by atoms with Gasteiger partial charge in [0.2, 0.25) is 0 Å². The lowest BCUT2D eigenvalue weighted by atomic mass is 9.99. The first kappa shape index (κ1) is 17.7. The Kier molecular flexibility index (Phi) is 5.94. The van der Waals surface area contributed by atoms with Crippen molar-refractivity contribution in [3.8, 4) is 11.5 Å². The van der Waals surface area contributed by atoms with Gasteiger partial charge >= 0.3 is 0 Å². The minimum Gasteiger partial charge on any atom is -0.504 e. The van der Waals surface area contributed by atoms with Crippen LogP contribution in [0.15, 0.2) is 24.3 Å². The number of phenolic OH excluding ortho intramolecular Hbond substituents is 2. The van der Waals surface area contributed by atoms with Crippen LogP contribution in [-0.2, 0) is 9.47 Å². The first-order valence-corrected chi connectivity index (χ1v) is 7.04. The number of phenols is 2. The Morgan fingerprint density at radius 1 is 1.04 bits per heavy atom. The molecule has 1 fully saturated rings. The zero-order valence-corrected chi connectivity index (χ0v) is 12.2. The van der Waals surface area contributed by atoms with Gasteiger partial charge in [0.15, 0.2) is 17.8 Å². The monoisotopic (exact) mass is 328 g/mol. The standard InChI is InChI=1S/C15H20O8/c16-7-11-12(19)13(20)14(21)15(23-11)22-5-1-2-8-3-4-9(17)10(18)6-8/h1-4,6,11-21H,5,7H2/b2-1+/t11-,12-,13+,14-,15-/m1/s1. The fraction of sp³-hybridized carbons (Fsp3) is 0.467. The molecule has 0 unspecified atom stereocenters. The minimum absolute atomic E-state index is 0.0182. The van der Waals surface area contributed by atoms with Crippen molar-refractivity contribution >= 4 is 6.08 Å². The van der Waals surface area contributed by atoms with E-state index in [2.05, 4.69) is 0 Å². The Labute approximate surface area is 132 Å². The lowest BCUT2D eigenvalue weighted by molar-refractivity contribution is -0.298. The van der Waals surface area contributed by atoms with Gasteiger partial charge in [-0.1, -0.05) is 18.2 Å². The first-order valence-electron chi connectivity index (χ1n) is 7.04. The van der Waals surface area contributed by atoms with Gasteiger partial charge in [-0.05, 0) is 17.7 Å². The molecular weight excluding hydrogens is 308 g/mol. The van der Waals surface area contributed by atoms with E-state index in [-0.39, 0.29) is 18.1 Å². The molecule has 0 aliphatic carbocycles. The number of hydrogen-bond acceptors (Lipinski definition) is 8. The third-order valence-corrected chi connectivity index (χ3v) is 3.51. The third kappa shape index (κ3) is 4.20. The van der Waals surface area contributed by atoms with Gasteiger partial charge in [0, 0.05) is 0 Å². The normalized spacial score (nSPS) is 31.6. The fourth-order valence-electron chi connectivity index (χ4n) is 2.18. The predicted molar refractivity (Wildman–Crippen MR) is 78.5 cm³/mol. The van der Waals surface area contributed by atoms with Crippen molar-refractivity contribution < 1.29 is 40.1 Å². The van der Waals surface area contributed by atoms with Gasteiger partial charge in [-0.2, -0.15) is 0 Å². The van der Waals surface area contributed by atoms with Crippen LogP contribution in [0.3, 0.4) is 0 Å². The highest BCUT2D eigenvalue weighted by atomic mass is 16.7. The lowest BCUT2D eigenvalue weighted by Crippen LogP contribution is -2.59. The Morgan fingerprint density at radius 3 is 2.43 bits per heavy atom. The number of aliphatic hydroxyl groups excluding tert-OH is 4. The van der Waals surface area contributed by atoms with Crippen molar-refractivity contribution in [2.24, 2.45) is 0 Å². The molecule has 1 aromatic carbocycles. The molecule has 0 spiro atoms. The van der Waals surface area contributed by atoms with E-state index in [9.17, 15) is 25.5 Å². The van der Waals surface area contributed by atoms with Crippen molar-refractivity contribution in [2.45, 2.75) is 30.7 Å². The van der Waals surface area contributed by atoms with Crippen LogP contribution < -0.4 is 0 Å². The van der Waals surface area contributed by atoms with E-state index in [1.54, 1.807) is 18.2 Å². The van der Waals surface area contributed by atoms with Gasteiger partial charge in [-0.3, -0.25) is 0 Å². The van der Waals surface area contributed by atoms with Crippen molar-refractivity contribution in [1.29, 1.82) is 0 Å². The van der Waals surface area contributed by atoms with Crippen LogP contribution >= 0.6 is 0 Å². The first-order chi connectivity index (χ1) is 10.9. The van der Waals surface area contributed by atoms with E-state index >= 15 is 0 Å². The highest BCUT2D eigenvalue weighted by molar-refractivity contribution is 5.55. The van der Waals surface area contributed by atoms with Crippen LogP contribution in [0, 0.1) is 0 Å². The van der Waals surface area contributed by atoms with Crippen LogP contribution in [0.1, 0.15) is 5.56 Å². The number of hydrogen-bond donors (Lipinski definition) is 6. The molecule has 1 saturated heterocycles. The van der Waals surface area contributed by atoms with E-state index in [4.69, 9.17) is 14.6 Å². The number of aliphatic hydroxyl groups is 4. The Bertz CT molecular complexity index is 544. The van der Waals surface area contributed by atoms with Gasteiger partial charge < -0.3 is 40.1 Å². The molecular formula is C15H20O8. The Hall–Kier alpha value is -1.68. The maximum absolute atomic E-state index is 9.78. The summed E-state index contributed by atoms with van der Waals surface area (Å²) in [6, 6.07) is 4.28. The van der Waals surface area contributed by atoms with E-state index in [0.717, 1.165) is 0 Å². The summed E-state index contributed by atoms with van der Waals surface area (Å²) in [6.45, 7) is -0.502. The second-order valence-corrected chi connectivity index (χ2v) is 5.18. The summed E-state index contributed by atoms with van der Waals surface area (Å²) in [4.78, 5) is 0. The van der Waals surface area contributed by atoms with E-state index in [0.29, 0.717) is 5.56 Å². The van der Waals surface area contributed by atoms with Gasteiger partial charge in [-0.25, -0.2) is 0 Å². The summed E-state index contributed by atoms with van der Waals surface area (Å²) in [5.74, 6) is -0.471. The largest absolute Gasteiger partial charge is 0.504 e. The number of aromatic hydroxyl groups is 2. The van der Waals surface area contributed by atoms with Crippen molar-refractivity contribution in [3.63, 3.8) is 0 Å².